The Morgan fingerprint density at radius 3 is 2.69 bits per heavy atom. The zero-order chi connectivity index (χ0) is 25.4. The van der Waals surface area contributed by atoms with E-state index in [0.29, 0.717) is 17.1 Å². The Morgan fingerprint density at radius 1 is 1.19 bits per heavy atom. The van der Waals surface area contributed by atoms with E-state index in [4.69, 9.17) is 9.72 Å². The van der Waals surface area contributed by atoms with Gasteiger partial charge in [-0.3, -0.25) is 14.2 Å². The van der Waals surface area contributed by atoms with Crippen molar-refractivity contribution in [1.29, 1.82) is 0 Å². The second kappa shape index (κ2) is 10.6. The molecule has 5 rings (SSSR count). The van der Waals surface area contributed by atoms with Crippen LogP contribution < -0.4 is 15.7 Å². The van der Waals surface area contributed by atoms with Crippen LogP contribution in [0.2, 0.25) is 0 Å². The number of ether oxygens (including phenoxy) is 1. The first-order valence-electron chi connectivity index (χ1n) is 11.4. The Labute approximate surface area is 239 Å². The van der Waals surface area contributed by atoms with Gasteiger partial charge in [-0.15, -0.1) is 11.3 Å². The number of halogens is 2. The lowest BCUT2D eigenvalue weighted by Crippen LogP contribution is -2.23. The quantitative estimate of drug-likeness (QED) is 0.165. The first-order chi connectivity index (χ1) is 17.4. The Kier molecular flexibility index (Phi) is 7.45. The minimum Gasteiger partial charge on any atom is -0.495 e. The summed E-state index contributed by atoms with van der Waals surface area (Å²) in [5.41, 5.74) is 5.52. The van der Waals surface area contributed by atoms with Crippen LogP contribution in [-0.4, -0.2) is 28.8 Å². The monoisotopic (exact) mass is 724 g/mol. The number of methoxy groups -OCH3 is 1. The Bertz CT molecular complexity index is 1570. The fourth-order valence-corrected chi connectivity index (χ4v) is 8.03. The summed E-state index contributed by atoms with van der Waals surface area (Å²) in [5, 5.41) is 4.85. The van der Waals surface area contributed by atoms with Crippen molar-refractivity contribution in [2.45, 2.75) is 32.6 Å². The lowest BCUT2D eigenvalue weighted by Gasteiger charge is -2.12. The Morgan fingerprint density at radius 2 is 1.94 bits per heavy atom. The van der Waals surface area contributed by atoms with E-state index in [1.165, 1.54) is 4.88 Å². The van der Waals surface area contributed by atoms with Gasteiger partial charge >= 0.3 is 0 Å². The third kappa shape index (κ3) is 4.82. The third-order valence-corrected chi connectivity index (χ3v) is 8.92. The topological polar surface area (TPSA) is 85.6 Å². The molecule has 1 N–H and O–H groups in total. The minimum atomic E-state index is -0.362. The summed E-state index contributed by atoms with van der Waals surface area (Å²) < 4.78 is 8.91. The van der Waals surface area contributed by atoms with Crippen molar-refractivity contribution in [3.63, 3.8) is 0 Å². The number of carbonyl (C=O) groups is 1. The van der Waals surface area contributed by atoms with E-state index < -0.39 is 0 Å². The number of nitrogens with zero attached hydrogens (tertiary/aromatic N) is 3. The van der Waals surface area contributed by atoms with Crippen LogP contribution in [0.3, 0.4) is 0 Å². The van der Waals surface area contributed by atoms with Crippen LogP contribution in [0, 0.1) is 14.1 Å². The molecule has 0 unspecified atom stereocenters. The van der Waals surface area contributed by atoms with Gasteiger partial charge in [0.2, 0.25) is 0 Å². The average Bonchev–Trinajstić information content (AvgIpc) is 3.22. The van der Waals surface area contributed by atoms with E-state index in [1.54, 1.807) is 47.4 Å². The third-order valence-electron chi connectivity index (χ3n) is 6.13. The second-order valence-corrected chi connectivity index (χ2v) is 11.9. The number of fused-ring (bicyclic) bond motifs is 3. The standard InChI is InChI=1S/C26H22I2N4O3S/c1-14-30-25-22(18-8-3-4-9-21(18)36-25)26(34)32(14)17-7-5-6-16(12-17)24(33)31-29-13-15-10-19(27)23(35-2)20(28)11-15/h5-7,10-13H,3-4,8-9H2,1-2H3,(H,31,33)/b29-13+. The van der Waals surface area contributed by atoms with Crippen LogP contribution in [0.1, 0.15) is 45.0 Å². The number of hydrogen-bond donors (Lipinski definition) is 1. The average molecular weight is 724 g/mol. The molecule has 2 aromatic heterocycles. The molecule has 0 saturated carbocycles. The van der Waals surface area contributed by atoms with Gasteiger partial charge in [0.05, 0.1) is 31.5 Å². The molecule has 0 saturated heterocycles. The number of thiophene rings is 1. The molecule has 0 radical (unpaired) electrons. The maximum absolute atomic E-state index is 13.6. The maximum atomic E-state index is 13.6. The molecule has 10 heteroatoms. The van der Waals surface area contributed by atoms with E-state index in [9.17, 15) is 9.59 Å². The minimum absolute atomic E-state index is 0.0730. The summed E-state index contributed by atoms with van der Waals surface area (Å²) >= 11 is 6.05. The molecule has 0 spiro atoms. The highest BCUT2D eigenvalue weighted by molar-refractivity contribution is 14.1. The number of nitrogens with one attached hydrogen (secondary N) is 1. The van der Waals surface area contributed by atoms with Crippen molar-refractivity contribution >= 4 is 78.9 Å². The van der Waals surface area contributed by atoms with Gasteiger partial charge in [0.25, 0.3) is 11.5 Å². The van der Waals surface area contributed by atoms with Gasteiger partial charge in [0.1, 0.15) is 16.4 Å². The molecule has 2 aromatic carbocycles. The van der Waals surface area contributed by atoms with Crippen LogP contribution in [0.25, 0.3) is 15.9 Å². The molecule has 0 fully saturated rings. The van der Waals surface area contributed by atoms with E-state index in [2.05, 4.69) is 55.7 Å². The molecule has 0 atom stereocenters. The van der Waals surface area contributed by atoms with Gasteiger partial charge in [0.15, 0.2) is 0 Å². The van der Waals surface area contributed by atoms with Crippen LogP contribution in [-0.2, 0) is 12.8 Å². The first kappa shape index (κ1) is 25.3. The number of carbonyl (C=O) groups excluding carboxylic acids is 1. The van der Waals surface area contributed by atoms with Gasteiger partial charge < -0.3 is 4.74 Å². The fourth-order valence-electron chi connectivity index (χ4n) is 4.48. The van der Waals surface area contributed by atoms with Crippen LogP contribution in [0.15, 0.2) is 46.3 Å². The Hall–Kier alpha value is -2.32. The SMILES string of the molecule is COc1c(I)cc(/C=N/NC(=O)c2cccc(-n3c(C)nc4sc5c(c4c3=O)CCCC5)c2)cc1I. The molecule has 1 amide bonds. The van der Waals surface area contributed by atoms with Gasteiger partial charge in [-0.1, -0.05) is 6.07 Å². The zero-order valence-corrected chi connectivity index (χ0v) is 24.7. The number of benzene rings is 2. The highest BCUT2D eigenvalue weighted by atomic mass is 127. The number of hydrazone groups is 1. The number of aryl methyl sites for hydroxylation is 3. The smallest absolute Gasteiger partial charge is 0.271 e. The summed E-state index contributed by atoms with van der Waals surface area (Å²) in [4.78, 5) is 33.3. The van der Waals surface area contributed by atoms with Gasteiger partial charge in [0, 0.05) is 10.4 Å². The largest absolute Gasteiger partial charge is 0.495 e. The summed E-state index contributed by atoms with van der Waals surface area (Å²) in [6.45, 7) is 1.83. The lowest BCUT2D eigenvalue weighted by molar-refractivity contribution is 0.0955. The molecule has 1 aliphatic rings. The van der Waals surface area contributed by atoms with Gasteiger partial charge in [-0.25, -0.2) is 10.4 Å². The number of amides is 1. The van der Waals surface area contributed by atoms with E-state index >= 15 is 0 Å². The van der Waals surface area contributed by atoms with Crippen LogP contribution >= 0.6 is 56.5 Å². The molecule has 0 bridgehead atoms. The molecule has 4 aromatic rings. The van der Waals surface area contributed by atoms with E-state index in [1.807, 2.05) is 25.1 Å². The predicted octanol–water partition coefficient (Wildman–Crippen LogP) is 5.62. The van der Waals surface area contributed by atoms with Crippen molar-refractivity contribution in [2.24, 2.45) is 5.10 Å². The maximum Gasteiger partial charge on any atom is 0.271 e. The number of aromatic nitrogens is 2. The van der Waals surface area contributed by atoms with Crippen LogP contribution in [0.4, 0.5) is 0 Å². The number of rotatable bonds is 5. The van der Waals surface area contributed by atoms with Gasteiger partial charge in [-0.2, -0.15) is 5.10 Å². The second-order valence-electron chi connectivity index (χ2n) is 8.46. The molecular formula is C26H22I2N4O3S. The molecular weight excluding hydrogens is 702 g/mol. The molecule has 2 heterocycles. The molecule has 184 valence electrons. The van der Waals surface area contributed by atoms with Crippen LogP contribution in [0.5, 0.6) is 5.75 Å². The molecule has 7 nitrogen and oxygen atoms in total. The van der Waals surface area contributed by atoms with Crippen molar-refractivity contribution < 1.29 is 9.53 Å². The summed E-state index contributed by atoms with van der Waals surface area (Å²) in [7, 11) is 1.64. The zero-order valence-electron chi connectivity index (χ0n) is 19.6. The molecule has 1 aliphatic carbocycles. The molecule has 36 heavy (non-hydrogen) atoms. The first-order valence-corrected chi connectivity index (χ1v) is 14.4. The predicted molar refractivity (Wildman–Crippen MR) is 160 cm³/mol. The summed E-state index contributed by atoms with van der Waals surface area (Å²) in [5.74, 6) is 1.06. The highest BCUT2D eigenvalue weighted by Gasteiger charge is 2.22. The van der Waals surface area contributed by atoms with Crippen molar-refractivity contribution in [3.8, 4) is 11.4 Å². The highest BCUT2D eigenvalue weighted by Crippen LogP contribution is 2.34. The summed E-state index contributed by atoms with van der Waals surface area (Å²) in [6.07, 6.45) is 5.78. The van der Waals surface area contributed by atoms with Crippen molar-refractivity contribution in [1.82, 2.24) is 15.0 Å². The number of hydrogen-bond acceptors (Lipinski definition) is 6. The normalized spacial score (nSPS) is 13.2. The summed E-state index contributed by atoms with van der Waals surface area (Å²) in [6, 6.07) is 10.8. The lowest BCUT2D eigenvalue weighted by atomic mass is 9.97. The Balaban J connectivity index is 1.42. The van der Waals surface area contributed by atoms with E-state index in [-0.39, 0.29) is 11.5 Å². The van der Waals surface area contributed by atoms with Gasteiger partial charge in [-0.05, 0) is 119 Å². The fraction of sp³-hybridized carbons (Fsp3) is 0.231. The van der Waals surface area contributed by atoms with Crippen molar-refractivity contribution in [2.75, 3.05) is 7.11 Å². The van der Waals surface area contributed by atoms with Crippen molar-refractivity contribution in [3.05, 3.63) is 81.3 Å². The van der Waals surface area contributed by atoms with E-state index in [0.717, 1.165) is 59.9 Å². The molecule has 0 aliphatic heterocycles.